The first-order chi connectivity index (χ1) is 11.6. The van der Waals surface area contributed by atoms with Crippen molar-refractivity contribution >= 4 is 40.1 Å². The second-order valence-electron chi connectivity index (χ2n) is 5.61. The molecule has 7 heteroatoms. The standard InChI is InChI=1S/C17H20IN5O/c1-12-11-16(20-17(19-12)23-7-9-24-10-8-23)22-21-13(2)14-3-5-15(18)6-4-14/h3-6,11H,7-10H2,1-2H3,(H,19,20,22)/b21-13-. The van der Waals surface area contributed by atoms with Crippen molar-refractivity contribution < 1.29 is 4.74 Å². The average molecular weight is 437 g/mol. The van der Waals surface area contributed by atoms with Crippen molar-refractivity contribution in [1.82, 2.24) is 9.97 Å². The normalized spacial score (nSPS) is 15.5. The van der Waals surface area contributed by atoms with E-state index in [9.17, 15) is 0 Å². The number of aryl methyl sites for hydroxylation is 1. The van der Waals surface area contributed by atoms with Crippen LogP contribution in [0.4, 0.5) is 11.8 Å². The van der Waals surface area contributed by atoms with Crippen LogP contribution in [-0.4, -0.2) is 42.0 Å². The number of hydrogen-bond acceptors (Lipinski definition) is 6. The zero-order valence-electron chi connectivity index (χ0n) is 13.8. The number of nitrogens with one attached hydrogen (secondary N) is 1. The topological polar surface area (TPSA) is 62.6 Å². The van der Waals surface area contributed by atoms with E-state index in [1.165, 1.54) is 3.57 Å². The van der Waals surface area contributed by atoms with E-state index >= 15 is 0 Å². The Balaban J connectivity index is 1.75. The van der Waals surface area contributed by atoms with Gasteiger partial charge in [-0.15, -0.1) is 0 Å². The number of aromatic nitrogens is 2. The lowest BCUT2D eigenvalue weighted by atomic mass is 10.1. The van der Waals surface area contributed by atoms with Gasteiger partial charge in [0.2, 0.25) is 5.95 Å². The van der Waals surface area contributed by atoms with Crippen LogP contribution in [0.5, 0.6) is 0 Å². The summed E-state index contributed by atoms with van der Waals surface area (Å²) in [6, 6.07) is 10.2. The fourth-order valence-electron chi connectivity index (χ4n) is 2.41. The highest BCUT2D eigenvalue weighted by molar-refractivity contribution is 14.1. The summed E-state index contributed by atoms with van der Waals surface area (Å²) >= 11 is 2.29. The Morgan fingerprint density at radius 2 is 1.92 bits per heavy atom. The summed E-state index contributed by atoms with van der Waals surface area (Å²) in [6.07, 6.45) is 0. The first-order valence-corrected chi connectivity index (χ1v) is 8.94. The molecule has 0 spiro atoms. The van der Waals surface area contributed by atoms with Crippen LogP contribution < -0.4 is 10.3 Å². The van der Waals surface area contributed by atoms with Gasteiger partial charge in [-0.3, -0.25) is 5.43 Å². The SMILES string of the molecule is C/C(=N/Nc1cc(C)nc(N2CCOCC2)n1)c1ccc(I)cc1. The molecular weight excluding hydrogens is 417 g/mol. The molecule has 1 fully saturated rings. The Hall–Kier alpha value is -1.74. The van der Waals surface area contributed by atoms with E-state index in [0.29, 0.717) is 19.0 Å². The molecule has 6 nitrogen and oxygen atoms in total. The highest BCUT2D eigenvalue weighted by Crippen LogP contribution is 2.15. The van der Waals surface area contributed by atoms with Gasteiger partial charge in [-0.1, -0.05) is 12.1 Å². The van der Waals surface area contributed by atoms with Crippen LogP contribution in [0.15, 0.2) is 35.4 Å². The maximum absolute atomic E-state index is 5.38. The molecule has 1 N–H and O–H groups in total. The first-order valence-electron chi connectivity index (χ1n) is 7.86. The summed E-state index contributed by atoms with van der Waals surface area (Å²) in [4.78, 5) is 11.2. The molecule has 1 saturated heterocycles. The molecule has 1 aliphatic rings. The van der Waals surface area contributed by atoms with Crippen molar-refractivity contribution in [3.05, 3.63) is 45.2 Å². The number of ether oxygens (including phenoxy) is 1. The van der Waals surface area contributed by atoms with Gasteiger partial charge in [0.05, 0.1) is 18.9 Å². The molecule has 0 unspecified atom stereocenters. The number of hydrazone groups is 1. The second-order valence-corrected chi connectivity index (χ2v) is 6.86. The third-order valence-corrected chi connectivity index (χ3v) is 4.46. The second kappa shape index (κ2) is 7.89. The Bertz CT molecular complexity index is 726. The van der Waals surface area contributed by atoms with Gasteiger partial charge < -0.3 is 9.64 Å². The molecule has 126 valence electrons. The van der Waals surface area contributed by atoms with Gasteiger partial charge in [-0.25, -0.2) is 4.98 Å². The fourth-order valence-corrected chi connectivity index (χ4v) is 2.77. The molecule has 3 rings (SSSR count). The van der Waals surface area contributed by atoms with Crippen molar-refractivity contribution in [3.8, 4) is 0 Å². The van der Waals surface area contributed by atoms with Crippen LogP contribution in [0.3, 0.4) is 0 Å². The molecule has 0 aliphatic carbocycles. The van der Waals surface area contributed by atoms with E-state index in [0.717, 1.165) is 36.0 Å². The minimum absolute atomic E-state index is 0.703. The van der Waals surface area contributed by atoms with E-state index in [1.54, 1.807) is 0 Å². The summed E-state index contributed by atoms with van der Waals surface area (Å²) in [5, 5.41) is 4.45. The molecular formula is C17H20IN5O. The Morgan fingerprint density at radius 1 is 1.21 bits per heavy atom. The molecule has 0 amide bonds. The molecule has 1 aliphatic heterocycles. The monoisotopic (exact) mass is 437 g/mol. The van der Waals surface area contributed by atoms with Gasteiger partial charge in [0.1, 0.15) is 0 Å². The summed E-state index contributed by atoms with van der Waals surface area (Å²) in [5.41, 5.74) is 5.97. The number of nitrogens with zero attached hydrogens (tertiary/aromatic N) is 4. The van der Waals surface area contributed by atoms with E-state index in [2.05, 4.69) is 72.3 Å². The van der Waals surface area contributed by atoms with Crippen LogP contribution in [0, 0.1) is 10.5 Å². The summed E-state index contributed by atoms with van der Waals surface area (Å²) < 4.78 is 6.59. The van der Waals surface area contributed by atoms with Crippen molar-refractivity contribution in [2.45, 2.75) is 13.8 Å². The van der Waals surface area contributed by atoms with E-state index in [-0.39, 0.29) is 0 Å². The van der Waals surface area contributed by atoms with Crippen molar-refractivity contribution in [2.24, 2.45) is 5.10 Å². The Kier molecular flexibility index (Phi) is 5.62. The van der Waals surface area contributed by atoms with Crippen molar-refractivity contribution in [1.29, 1.82) is 0 Å². The van der Waals surface area contributed by atoms with Crippen LogP contribution in [0.25, 0.3) is 0 Å². The largest absolute Gasteiger partial charge is 0.378 e. The summed E-state index contributed by atoms with van der Waals surface area (Å²) in [7, 11) is 0. The number of anilines is 2. The lowest BCUT2D eigenvalue weighted by molar-refractivity contribution is 0.122. The molecule has 2 aromatic rings. The number of halogens is 1. The molecule has 24 heavy (non-hydrogen) atoms. The fraction of sp³-hybridized carbons (Fsp3) is 0.353. The lowest BCUT2D eigenvalue weighted by Crippen LogP contribution is -2.37. The third kappa shape index (κ3) is 4.41. The predicted molar refractivity (Wildman–Crippen MR) is 105 cm³/mol. The van der Waals surface area contributed by atoms with Gasteiger partial charge in [0.15, 0.2) is 5.82 Å². The van der Waals surface area contributed by atoms with Crippen molar-refractivity contribution in [2.75, 3.05) is 36.6 Å². The lowest BCUT2D eigenvalue weighted by Gasteiger charge is -2.27. The number of benzene rings is 1. The molecule has 1 aromatic heterocycles. The predicted octanol–water partition coefficient (Wildman–Crippen LogP) is 3.06. The number of morpholine rings is 1. The molecule has 0 bridgehead atoms. The molecule has 2 heterocycles. The van der Waals surface area contributed by atoms with Crippen LogP contribution in [-0.2, 0) is 4.74 Å². The first kappa shape index (κ1) is 17.1. The number of rotatable bonds is 4. The van der Waals surface area contributed by atoms with Gasteiger partial charge >= 0.3 is 0 Å². The van der Waals surface area contributed by atoms with Gasteiger partial charge in [-0.05, 0) is 54.1 Å². The molecule has 0 saturated carbocycles. The highest BCUT2D eigenvalue weighted by Gasteiger charge is 2.14. The molecule has 0 radical (unpaired) electrons. The van der Waals surface area contributed by atoms with Crippen molar-refractivity contribution in [3.63, 3.8) is 0 Å². The number of hydrogen-bond donors (Lipinski definition) is 1. The van der Waals surface area contributed by atoms with Crippen LogP contribution in [0.1, 0.15) is 18.2 Å². The van der Waals surface area contributed by atoms with Gasteiger partial charge in [-0.2, -0.15) is 10.1 Å². The van der Waals surface area contributed by atoms with E-state index in [1.807, 2.05) is 19.9 Å². The maximum atomic E-state index is 5.38. The average Bonchev–Trinajstić information content (AvgIpc) is 2.60. The Labute approximate surface area is 155 Å². The van der Waals surface area contributed by atoms with E-state index < -0.39 is 0 Å². The highest BCUT2D eigenvalue weighted by atomic mass is 127. The smallest absolute Gasteiger partial charge is 0.227 e. The Morgan fingerprint density at radius 3 is 2.62 bits per heavy atom. The van der Waals surface area contributed by atoms with Gasteiger partial charge in [0, 0.05) is 28.4 Å². The third-order valence-electron chi connectivity index (χ3n) is 3.74. The van der Waals surface area contributed by atoms with Crippen LogP contribution >= 0.6 is 22.6 Å². The minimum atomic E-state index is 0.703. The van der Waals surface area contributed by atoms with Crippen LogP contribution in [0.2, 0.25) is 0 Å². The zero-order chi connectivity index (χ0) is 16.9. The molecule has 0 atom stereocenters. The summed E-state index contributed by atoms with van der Waals surface area (Å²) in [5.74, 6) is 1.43. The molecule has 1 aromatic carbocycles. The quantitative estimate of drug-likeness (QED) is 0.453. The maximum Gasteiger partial charge on any atom is 0.227 e. The van der Waals surface area contributed by atoms with Gasteiger partial charge in [0.25, 0.3) is 0 Å². The summed E-state index contributed by atoms with van der Waals surface area (Å²) in [6.45, 7) is 6.99. The zero-order valence-corrected chi connectivity index (χ0v) is 15.9. The van der Waals surface area contributed by atoms with E-state index in [4.69, 9.17) is 4.74 Å². The minimum Gasteiger partial charge on any atom is -0.378 e.